The first-order valence-electron chi connectivity index (χ1n) is 10.1. The summed E-state index contributed by atoms with van der Waals surface area (Å²) in [6, 6.07) is 18.8. The van der Waals surface area contributed by atoms with Crippen molar-refractivity contribution in [2.75, 3.05) is 14.2 Å². The lowest BCUT2D eigenvalue weighted by molar-refractivity contribution is -0.0584. The molecule has 3 aromatic rings. The van der Waals surface area contributed by atoms with Crippen molar-refractivity contribution >= 4 is 27.8 Å². The molecular weight excluding hydrogens is 460 g/mol. The van der Waals surface area contributed by atoms with Crippen LogP contribution in [0.1, 0.15) is 36.6 Å². The highest BCUT2D eigenvalue weighted by Gasteiger charge is 2.39. The number of ether oxygens (including phenoxy) is 1. The van der Waals surface area contributed by atoms with Gasteiger partial charge in [0.1, 0.15) is 10.6 Å². The van der Waals surface area contributed by atoms with Crippen LogP contribution in [0, 0.1) is 0 Å². The third kappa shape index (κ3) is 4.16. The summed E-state index contributed by atoms with van der Waals surface area (Å²) in [5.74, 6) is -2.60. The number of carbonyl (C=O) groups is 3. The lowest BCUT2D eigenvalue weighted by Gasteiger charge is -2.20. The Morgan fingerprint density at radius 3 is 2.09 bits per heavy atom. The molecule has 4 rings (SSSR count). The molecule has 0 saturated heterocycles. The second kappa shape index (κ2) is 9.08. The zero-order valence-electron chi connectivity index (χ0n) is 18.3. The SMILES string of the molecule is COc1ccc(C(=O)ON2C(=O)c3ccccc3C2=O)cc1S(=O)(=O)N(C)Cc1ccccc1. The molecule has 10 heteroatoms. The average molecular weight is 480 g/mol. The van der Waals surface area contributed by atoms with Crippen molar-refractivity contribution < 1.29 is 32.4 Å². The minimum absolute atomic E-state index is 0.0252. The Morgan fingerprint density at radius 1 is 0.912 bits per heavy atom. The van der Waals surface area contributed by atoms with E-state index in [1.54, 1.807) is 36.4 Å². The number of hydroxylamine groups is 2. The second-order valence-electron chi connectivity index (χ2n) is 7.44. The Bertz CT molecular complexity index is 1350. The molecule has 0 spiro atoms. The van der Waals surface area contributed by atoms with Gasteiger partial charge in [0, 0.05) is 13.6 Å². The molecule has 0 radical (unpaired) electrons. The van der Waals surface area contributed by atoms with Gasteiger partial charge in [-0.15, -0.1) is 0 Å². The fourth-order valence-corrected chi connectivity index (χ4v) is 4.82. The fraction of sp³-hybridized carbons (Fsp3) is 0.125. The number of hydrogen-bond acceptors (Lipinski definition) is 7. The molecule has 0 bridgehead atoms. The lowest BCUT2D eigenvalue weighted by Crippen LogP contribution is -2.33. The van der Waals surface area contributed by atoms with Crippen LogP contribution in [0.2, 0.25) is 0 Å². The van der Waals surface area contributed by atoms with Gasteiger partial charge in [0.25, 0.3) is 11.8 Å². The zero-order chi connectivity index (χ0) is 24.5. The number of rotatable bonds is 7. The maximum atomic E-state index is 13.3. The van der Waals surface area contributed by atoms with Gasteiger partial charge in [0.2, 0.25) is 10.0 Å². The summed E-state index contributed by atoms with van der Waals surface area (Å²) in [7, 11) is -1.36. The van der Waals surface area contributed by atoms with E-state index < -0.39 is 27.8 Å². The van der Waals surface area contributed by atoms with Crippen LogP contribution < -0.4 is 4.74 Å². The maximum Gasteiger partial charge on any atom is 0.363 e. The number of benzene rings is 3. The van der Waals surface area contributed by atoms with E-state index in [2.05, 4.69) is 0 Å². The van der Waals surface area contributed by atoms with E-state index in [1.807, 2.05) is 6.07 Å². The molecule has 3 aromatic carbocycles. The number of nitrogens with zero attached hydrogens (tertiary/aromatic N) is 2. The fourth-order valence-electron chi connectivity index (χ4n) is 3.48. The number of amides is 2. The normalized spacial score (nSPS) is 13.2. The Hall–Kier alpha value is -4.02. The average Bonchev–Trinajstić information content (AvgIpc) is 3.09. The summed E-state index contributed by atoms with van der Waals surface area (Å²) in [5, 5.41) is 0.368. The predicted octanol–water partition coefficient (Wildman–Crippen LogP) is 2.88. The third-order valence-corrected chi connectivity index (χ3v) is 7.09. The summed E-state index contributed by atoms with van der Waals surface area (Å²) in [5.41, 5.74) is 0.819. The molecule has 0 saturated carbocycles. The molecule has 174 valence electrons. The number of hydrogen-bond donors (Lipinski definition) is 0. The molecule has 9 nitrogen and oxygen atoms in total. The van der Waals surface area contributed by atoms with Crippen molar-refractivity contribution in [3.63, 3.8) is 0 Å². The quantitative estimate of drug-likeness (QED) is 0.478. The van der Waals surface area contributed by atoms with Crippen molar-refractivity contribution in [1.82, 2.24) is 9.37 Å². The Balaban J connectivity index is 1.60. The first-order chi connectivity index (χ1) is 16.2. The number of methoxy groups -OCH3 is 1. The van der Waals surface area contributed by atoms with E-state index in [4.69, 9.17) is 9.57 Å². The molecule has 0 N–H and O–H groups in total. The van der Waals surface area contributed by atoms with Crippen molar-refractivity contribution in [1.29, 1.82) is 0 Å². The topological polar surface area (TPSA) is 110 Å². The van der Waals surface area contributed by atoms with Gasteiger partial charge in [-0.3, -0.25) is 9.59 Å². The van der Waals surface area contributed by atoms with Crippen molar-refractivity contribution in [2.45, 2.75) is 11.4 Å². The van der Waals surface area contributed by atoms with Crippen LogP contribution >= 0.6 is 0 Å². The molecule has 2 amide bonds. The molecule has 1 aliphatic heterocycles. The summed E-state index contributed by atoms with van der Waals surface area (Å²) < 4.78 is 32.9. The minimum Gasteiger partial charge on any atom is -0.495 e. The molecule has 1 heterocycles. The van der Waals surface area contributed by atoms with Gasteiger partial charge >= 0.3 is 5.97 Å². The van der Waals surface area contributed by atoms with Crippen LogP contribution in [-0.2, 0) is 21.4 Å². The first kappa shape index (κ1) is 23.1. The Labute approximate surface area is 196 Å². The molecule has 0 atom stereocenters. The number of fused-ring (bicyclic) bond motifs is 1. The monoisotopic (exact) mass is 480 g/mol. The standard InChI is InChI=1S/C24H20N2O7S/c1-25(15-16-8-4-3-5-9-16)34(30,31)21-14-17(12-13-20(21)32-2)24(29)33-26-22(27)18-10-6-7-11-19(18)23(26)28/h3-14H,15H2,1-2H3. The zero-order valence-corrected chi connectivity index (χ0v) is 19.1. The van der Waals surface area contributed by atoms with Crippen LogP contribution in [0.5, 0.6) is 5.75 Å². The van der Waals surface area contributed by atoms with Gasteiger partial charge in [-0.2, -0.15) is 4.31 Å². The van der Waals surface area contributed by atoms with E-state index in [9.17, 15) is 22.8 Å². The van der Waals surface area contributed by atoms with Gasteiger partial charge < -0.3 is 9.57 Å². The summed E-state index contributed by atoms with van der Waals surface area (Å²) in [6.45, 7) is 0.0933. The highest BCUT2D eigenvalue weighted by molar-refractivity contribution is 7.89. The molecule has 0 aromatic heterocycles. The van der Waals surface area contributed by atoms with E-state index in [0.717, 1.165) is 15.9 Å². The minimum atomic E-state index is -4.08. The molecule has 0 aliphatic carbocycles. The summed E-state index contributed by atoms with van der Waals surface area (Å²) in [4.78, 5) is 42.5. The van der Waals surface area contributed by atoms with Gasteiger partial charge in [-0.05, 0) is 35.9 Å². The van der Waals surface area contributed by atoms with Crippen LogP contribution in [0.3, 0.4) is 0 Å². The van der Waals surface area contributed by atoms with Crippen LogP contribution in [0.4, 0.5) is 0 Å². The third-order valence-electron chi connectivity index (χ3n) is 5.27. The van der Waals surface area contributed by atoms with Crippen molar-refractivity contribution in [2.24, 2.45) is 0 Å². The first-order valence-corrected chi connectivity index (χ1v) is 11.6. The van der Waals surface area contributed by atoms with E-state index >= 15 is 0 Å². The van der Waals surface area contributed by atoms with E-state index in [1.165, 1.54) is 38.4 Å². The molecule has 1 aliphatic rings. The Morgan fingerprint density at radius 2 is 1.50 bits per heavy atom. The van der Waals surface area contributed by atoms with Gasteiger partial charge in [0.15, 0.2) is 0 Å². The van der Waals surface area contributed by atoms with Gasteiger partial charge in [0.05, 0.1) is 23.8 Å². The van der Waals surface area contributed by atoms with Crippen LogP contribution in [0.15, 0.2) is 77.7 Å². The van der Waals surface area contributed by atoms with Gasteiger partial charge in [-0.25, -0.2) is 13.2 Å². The maximum absolute atomic E-state index is 13.3. The highest BCUT2D eigenvalue weighted by Crippen LogP contribution is 2.29. The van der Waals surface area contributed by atoms with E-state index in [0.29, 0.717) is 5.06 Å². The second-order valence-corrected chi connectivity index (χ2v) is 9.45. The van der Waals surface area contributed by atoms with E-state index in [-0.39, 0.29) is 33.9 Å². The van der Waals surface area contributed by atoms with Crippen molar-refractivity contribution in [3.8, 4) is 5.75 Å². The van der Waals surface area contributed by atoms with Crippen molar-refractivity contribution in [3.05, 3.63) is 95.1 Å². The molecule has 0 unspecified atom stereocenters. The molecular formula is C24H20N2O7S. The number of carbonyl (C=O) groups excluding carboxylic acids is 3. The summed E-state index contributed by atoms with van der Waals surface area (Å²) in [6.07, 6.45) is 0. The Kier molecular flexibility index (Phi) is 6.18. The smallest absolute Gasteiger partial charge is 0.363 e. The van der Waals surface area contributed by atoms with Gasteiger partial charge in [-0.1, -0.05) is 47.5 Å². The highest BCUT2D eigenvalue weighted by atomic mass is 32.2. The number of sulfonamides is 1. The largest absolute Gasteiger partial charge is 0.495 e. The van der Waals surface area contributed by atoms with Crippen LogP contribution in [0.25, 0.3) is 0 Å². The molecule has 0 fully saturated rings. The van der Waals surface area contributed by atoms with Crippen LogP contribution in [-0.4, -0.2) is 49.7 Å². The summed E-state index contributed by atoms with van der Waals surface area (Å²) >= 11 is 0. The lowest BCUT2D eigenvalue weighted by atomic mass is 10.1. The molecule has 34 heavy (non-hydrogen) atoms. The number of imide groups is 1. The predicted molar refractivity (Wildman–Crippen MR) is 120 cm³/mol.